The van der Waals surface area contributed by atoms with E-state index in [1.165, 1.54) is 176 Å². The zero-order valence-corrected chi connectivity index (χ0v) is 37.2. The Kier molecular flexibility index (Phi) is 31.1. The van der Waals surface area contributed by atoms with Gasteiger partial charge in [-0.3, -0.25) is 4.99 Å². The summed E-state index contributed by atoms with van der Waals surface area (Å²) in [4.78, 5) is 10.4. The van der Waals surface area contributed by atoms with Crippen molar-refractivity contribution in [3.05, 3.63) is 70.8 Å². The van der Waals surface area contributed by atoms with Crippen molar-refractivity contribution in [1.82, 2.24) is 0 Å². The van der Waals surface area contributed by atoms with Crippen LogP contribution in [0.3, 0.4) is 0 Å². The van der Waals surface area contributed by atoms with Crippen LogP contribution in [0.5, 0.6) is 0 Å². The molecule has 0 atom stereocenters. The van der Waals surface area contributed by atoms with Crippen LogP contribution in [0, 0.1) is 27.7 Å². The third kappa shape index (κ3) is 25.1. The third-order valence-corrected chi connectivity index (χ3v) is 11.1. The van der Waals surface area contributed by atoms with Gasteiger partial charge in [0.05, 0.1) is 22.8 Å². The molecule has 2 rings (SSSR count). The van der Waals surface area contributed by atoms with Crippen LogP contribution in [0.4, 0.5) is 11.4 Å². The number of hydrogen-bond acceptors (Lipinski definition) is 2. The molecule has 0 saturated heterocycles. The Morgan fingerprint density at radius 3 is 1.17 bits per heavy atom. The molecule has 2 aromatic carbocycles. The van der Waals surface area contributed by atoms with E-state index >= 15 is 0 Å². The Hall–Kier alpha value is -1.82. The Labute approximate surface area is 343 Å². The molecule has 2 aromatic rings. The zero-order valence-electron chi connectivity index (χ0n) is 35.6. The fourth-order valence-electron chi connectivity index (χ4n) is 7.09. The third-order valence-electron chi connectivity index (χ3n) is 11.1. The fraction of sp³-hybridized carbons (Fsp3) is 0.680. The molecule has 0 heterocycles. The van der Waals surface area contributed by atoms with Crippen LogP contribution < -0.4 is 0 Å². The number of unbranched alkanes of at least 4 members (excludes halogenated alkanes) is 25. The molecule has 0 N–H and O–H groups in total. The fourth-order valence-corrected chi connectivity index (χ4v) is 7.09. The van der Waals surface area contributed by atoms with Crippen LogP contribution in [0.2, 0.25) is 0 Å². The second kappa shape index (κ2) is 33.5. The summed E-state index contributed by atoms with van der Waals surface area (Å²) in [6.07, 6.45) is 43.3. The van der Waals surface area contributed by atoms with Crippen molar-refractivity contribution in [2.45, 2.75) is 221 Å². The van der Waals surface area contributed by atoms with E-state index < -0.39 is 0 Å². The summed E-state index contributed by atoms with van der Waals surface area (Å²) in [5.74, 6) is 0. The normalized spacial score (nSPS) is 12.2. The van der Waals surface area contributed by atoms with Crippen molar-refractivity contribution in [2.75, 3.05) is 0 Å². The van der Waals surface area contributed by atoms with Gasteiger partial charge in [-0.2, -0.15) is 0 Å². The average molecular weight is 818 g/mol. The molecule has 0 amide bonds. The second-order valence-electron chi connectivity index (χ2n) is 16.0. The summed E-state index contributed by atoms with van der Waals surface area (Å²) >= 11 is 0. The van der Waals surface area contributed by atoms with Gasteiger partial charge in [-0.1, -0.05) is 186 Å². The molecule has 0 aliphatic carbocycles. The molecule has 0 fully saturated rings. The summed E-state index contributed by atoms with van der Waals surface area (Å²) in [6.45, 7) is 13.2. The Bertz CT molecular complexity index is 1270. The summed E-state index contributed by atoms with van der Waals surface area (Å²) < 4.78 is 0. The van der Waals surface area contributed by atoms with Crippen LogP contribution in [0.15, 0.2) is 58.5 Å². The van der Waals surface area contributed by atoms with Gasteiger partial charge in [0.15, 0.2) is 0 Å². The van der Waals surface area contributed by atoms with E-state index in [1.54, 1.807) is 0 Å². The first kappa shape index (κ1) is 49.2. The molecule has 0 aliphatic rings. The number of hydrogen-bond donors (Lipinski definition) is 0. The van der Waals surface area contributed by atoms with E-state index in [0.717, 1.165) is 48.5 Å². The molecule has 0 unspecified atom stereocenters. The van der Waals surface area contributed by atoms with Crippen LogP contribution in [-0.4, -0.2) is 11.4 Å². The molecule has 3 heteroatoms. The van der Waals surface area contributed by atoms with Gasteiger partial charge < -0.3 is 0 Å². The van der Waals surface area contributed by atoms with Crippen LogP contribution in [0.25, 0.3) is 0 Å². The van der Waals surface area contributed by atoms with Crippen LogP contribution >= 0.6 is 0 Å². The first-order valence-electron chi connectivity index (χ1n) is 22.4. The van der Waals surface area contributed by atoms with E-state index in [1.807, 2.05) is 0 Å². The average Bonchev–Trinajstić information content (AvgIpc) is 3.14. The van der Waals surface area contributed by atoms with Crippen molar-refractivity contribution >= 4 is 22.8 Å². The standard InChI is InChI=1S/C50H82N2.Pd/c1-7-9-11-12-13-14-15-16-17-18-19-20-21-22-23-24-25-26-27-28-29-30-31-32-33-34-36-50(52-48-40-38-44(4)46(6)42-48)49(35-10-8-2)51-47-39-37-43(3)45(5)41-47;/h34,36-42H,7-33,35H2,1-6H3;/b36-34+,51-49?,52-50?;. The Morgan fingerprint density at radius 2 is 0.792 bits per heavy atom. The van der Waals surface area contributed by atoms with Crippen molar-refractivity contribution in [3.8, 4) is 0 Å². The number of nitrogens with zero attached hydrogens (tertiary/aromatic N) is 2. The number of aryl methyl sites for hydroxylation is 4. The van der Waals surface area contributed by atoms with Gasteiger partial charge >= 0.3 is 0 Å². The van der Waals surface area contributed by atoms with E-state index in [0.29, 0.717) is 0 Å². The predicted octanol–water partition coefficient (Wildman–Crippen LogP) is 17.3. The minimum absolute atomic E-state index is 0. The minimum Gasteiger partial charge on any atom is -0.251 e. The topological polar surface area (TPSA) is 24.7 Å². The molecule has 2 nitrogen and oxygen atoms in total. The molecular formula is C50H82N2Pd. The van der Waals surface area contributed by atoms with Crippen LogP contribution in [0.1, 0.15) is 216 Å². The number of benzene rings is 2. The maximum atomic E-state index is 5.18. The van der Waals surface area contributed by atoms with Crippen molar-refractivity contribution in [3.63, 3.8) is 0 Å². The summed E-state index contributed by atoms with van der Waals surface area (Å²) in [5.41, 5.74) is 9.34. The minimum atomic E-state index is 0. The molecule has 0 aliphatic heterocycles. The predicted molar refractivity (Wildman–Crippen MR) is 236 cm³/mol. The zero-order chi connectivity index (χ0) is 37.5. The van der Waals surface area contributed by atoms with E-state index in [4.69, 9.17) is 9.98 Å². The van der Waals surface area contributed by atoms with E-state index in [-0.39, 0.29) is 20.4 Å². The molecule has 0 bridgehead atoms. The first-order valence-corrected chi connectivity index (χ1v) is 22.4. The largest absolute Gasteiger partial charge is 0.251 e. The van der Waals surface area contributed by atoms with Gasteiger partial charge in [-0.25, -0.2) is 4.99 Å². The molecule has 302 valence electrons. The molecule has 0 aromatic heterocycles. The number of aliphatic imine (C=N–C) groups is 2. The van der Waals surface area contributed by atoms with Gasteiger partial charge in [0.25, 0.3) is 0 Å². The summed E-state index contributed by atoms with van der Waals surface area (Å²) in [7, 11) is 0. The molecule has 53 heavy (non-hydrogen) atoms. The van der Waals surface area contributed by atoms with Gasteiger partial charge in [0.1, 0.15) is 0 Å². The van der Waals surface area contributed by atoms with E-state index in [2.05, 4.69) is 90.1 Å². The molecular weight excluding hydrogens is 735 g/mol. The second-order valence-corrected chi connectivity index (χ2v) is 16.0. The first-order chi connectivity index (χ1) is 25.4. The summed E-state index contributed by atoms with van der Waals surface area (Å²) in [6, 6.07) is 13.1. The Balaban J connectivity index is 0.0000140. The van der Waals surface area contributed by atoms with Gasteiger partial charge in [0, 0.05) is 20.4 Å². The van der Waals surface area contributed by atoms with E-state index in [9.17, 15) is 0 Å². The van der Waals surface area contributed by atoms with Crippen molar-refractivity contribution < 1.29 is 20.4 Å². The smallest absolute Gasteiger partial charge is 0.0848 e. The monoisotopic (exact) mass is 817 g/mol. The maximum absolute atomic E-state index is 5.18. The molecule has 0 radical (unpaired) electrons. The number of allylic oxidation sites excluding steroid dienone is 2. The maximum Gasteiger partial charge on any atom is 0.0848 e. The van der Waals surface area contributed by atoms with Gasteiger partial charge in [-0.15, -0.1) is 0 Å². The van der Waals surface area contributed by atoms with Crippen molar-refractivity contribution in [2.24, 2.45) is 9.98 Å². The Morgan fingerprint density at radius 1 is 0.434 bits per heavy atom. The van der Waals surface area contributed by atoms with Gasteiger partial charge in [0.2, 0.25) is 0 Å². The van der Waals surface area contributed by atoms with Gasteiger partial charge in [-0.05, 0) is 106 Å². The van der Waals surface area contributed by atoms with Crippen LogP contribution in [-0.2, 0) is 20.4 Å². The quantitative estimate of drug-likeness (QED) is 0.0399. The molecule has 0 spiro atoms. The number of rotatable bonds is 32. The SMILES string of the molecule is CCCCCCCCCCCCCCCCCCCCCCCCCC/C=C/C(=Nc1ccc(C)c(C)c1)C(CCCC)=Nc1ccc(C)c(C)c1.[Pd]. The van der Waals surface area contributed by atoms with Crippen molar-refractivity contribution in [1.29, 1.82) is 0 Å². The summed E-state index contributed by atoms with van der Waals surface area (Å²) in [5, 5.41) is 0. The molecule has 0 saturated carbocycles.